The Morgan fingerprint density at radius 3 is 2.58 bits per heavy atom. The maximum Gasteiger partial charge on any atom is 0.265 e. The molecule has 0 spiro atoms. The van der Waals surface area contributed by atoms with Gasteiger partial charge >= 0.3 is 0 Å². The molecule has 3 rings (SSSR count). The molecule has 0 saturated heterocycles. The Balaban J connectivity index is 1.69. The van der Waals surface area contributed by atoms with Gasteiger partial charge in [-0.15, -0.1) is 11.8 Å². The Morgan fingerprint density at radius 2 is 1.90 bits per heavy atom. The molecule has 1 heterocycles. The van der Waals surface area contributed by atoms with Crippen LogP contribution in [0.4, 0.5) is 5.69 Å². The molecule has 2 amide bonds. The number of ether oxygens (including phenoxy) is 2. The molecule has 31 heavy (non-hydrogen) atoms. The zero-order chi connectivity index (χ0) is 22.4. The normalized spacial score (nSPS) is 13.6. The van der Waals surface area contributed by atoms with Crippen molar-refractivity contribution in [3.63, 3.8) is 0 Å². The lowest BCUT2D eigenvalue weighted by molar-refractivity contribution is -0.112. The summed E-state index contributed by atoms with van der Waals surface area (Å²) in [4.78, 5) is 26.0. The van der Waals surface area contributed by atoms with Gasteiger partial charge in [0.25, 0.3) is 11.8 Å². The highest BCUT2D eigenvalue weighted by atomic mass is 35.5. The van der Waals surface area contributed by atoms with Crippen LogP contribution >= 0.6 is 23.4 Å². The summed E-state index contributed by atoms with van der Waals surface area (Å²) in [6.45, 7) is 6.60. The molecule has 6 nitrogen and oxygen atoms in total. The van der Waals surface area contributed by atoms with Crippen molar-refractivity contribution in [3.8, 4) is 5.75 Å². The molecule has 0 aliphatic carbocycles. The van der Waals surface area contributed by atoms with E-state index in [-0.39, 0.29) is 17.9 Å². The minimum absolute atomic E-state index is 0.0993. The monoisotopic (exact) mass is 460 g/mol. The number of hydrogen-bond donors (Lipinski definition) is 2. The quantitative estimate of drug-likeness (QED) is 0.608. The lowest BCUT2D eigenvalue weighted by atomic mass is 10.1. The van der Waals surface area contributed by atoms with Gasteiger partial charge in [0.05, 0.1) is 24.0 Å². The highest BCUT2D eigenvalue weighted by Gasteiger charge is 2.21. The van der Waals surface area contributed by atoms with Crippen molar-refractivity contribution in [2.75, 3.05) is 17.7 Å². The summed E-state index contributed by atoms with van der Waals surface area (Å²) in [6.07, 6.45) is 0.0993. The van der Waals surface area contributed by atoms with Crippen molar-refractivity contribution in [2.45, 2.75) is 33.4 Å². The number of hydrogen-bond acceptors (Lipinski definition) is 5. The van der Waals surface area contributed by atoms with Gasteiger partial charge < -0.3 is 20.1 Å². The van der Waals surface area contributed by atoms with E-state index in [0.717, 1.165) is 11.3 Å². The molecular formula is C23H25ClN2O4S. The lowest BCUT2D eigenvalue weighted by Gasteiger charge is -2.18. The fraction of sp³-hybridized carbons (Fsp3) is 0.304. The highest BCUT2D eigenvalue weighted by Crippen LogP contribution is 2.28. The van der Waals surface area contributed by atoms with Crippen molar-refractivity contribution in [1.82, 2.24) is 5.32 Å². The van der Waals surface area contributed by atoms with Crippen molar-refractivity contribution >= 4 is 40.9 Å². The van der Waals surface area contributed by atoms with E-state index in [9.17, 15) is 9.59 Å². The first-order valence-electron chi connectivity index (χ1n) is 9.94. The molecule has 0 unspecified atom stereocenters. The summed E-state index contributed by atoms with van der Waals surface area (Å²) < 4.78 is 11.1. The van der Waals surface area contributed by atoms with Gasteiger partial charge in [-0.2, -0.15) is 0 Å². The van der Waals surface area contributed by atoms with E-state index in [1.165, 1.54) is 11.8 Å². The van der Waals surface area contributed by atoms with Crippen LogP contribution in [0, 0.1) is 0 Å². The SMILES string of the molecule is CC1=C(C(=O)Nc2cc(Cl)ccc2C(=O)NCc2ccc(OC(C)C)cc2)SCCO1. The predicted octanol–water partition coefficient (Wildman–Crippen LogP) is 4.99. The maximum atomic E-state index is 12.8. The van der Waals surface area contributed by atoms with E-state index in [1.807, 2.05) is 38.1 Å². The van der Waals surface area contributed by atoms with Crippen LogP contribution < -0.4 is 15.4 Å². The van der Waals surface area contributed by atoms with Gasteiger partial charge in [0.2, 0.25) is 0 Å². The van der Waals surface area contributed by atoms with Crippen LogP contribution in [0.2, 0.25) is 5.02 Å². The number of benzene rings is 2. The van der Waals surface area contributed by atoms with Crippen molar-refractivity contribution in [3.05, 3.63) is 69.3 Å². The number of carbonyl (C=O) groups excluding carboxylic acids is 2. The third-order valence-corrected chi connectivity index (χ3v) is 5.76. The van der Waals surface area contributed by atoms with E-state index in [2.05, 4.69) is 10.6 Å². The van der Waals surface area contributed by atoms with Crippen LogP contribution in [0.5, 0.6) is 5.75 Å². The van der Waals surface area contributed by atoms with E-state index in [1.54, 1.807) is 25.1 Å². The van der Waals surface area contributed by atoms with Crippen molar-refractivity contribution in [1.29, 1.82) is 0 Å². The lowest BCUT2D eigenvalue weighted by Crippen LogP contribution is -2.25. The topological polar surface area (TPSA) is 76.7 Å². The fourth-order valence-electron chi connectivity index (χ4n) is 2.96. The van der Waals surface area contributed by atoms with Crippen LogP contribution in [0.3, 0.4) is 0 Å². The number of thioether (sulfide) groups is 1. The molecule has 1 aliphatic rings. The smallest absolute Gasteiger partial charge is 0.265 e. The maximum absolute atomic E-state index is 12.8. The molecule has 0 fully saturated rings. The van der Waals surface area contributed by atoms with Crippen LogP contribution in [0.15, 0.2) is 53.1 Å². The molecule has 164 valence electrons. The van der Waals surface area contributed by atoms with Crippen LogP contribution in [0.1, 0.15) is 36.7 Å². The minimum atomic E-state index is -0.320. The van der Waals surface area contributed by atoms with Gasteiger partial charge in [0, 0.05) is 17.3 Å². The third kappa shape index (κ3) is 6.42. The zero-order valence-electron chi connectivity index (χ0n) is 17.7. The van der Waals surface area contributed by atoms with Gasteiger partial charge in [-0.25, -0.2) is 0 Å². The first-order valence-corrected chi connectivity index (χ1v) is 11.3. The number of carbonyl (C=O) groups is 2. The summed E-state index contributed by atoms with van der Waals surface area (Å²) >= 11 is 7.53. The average Bonchev–Trinajstić information content (AvgIpc) is 2.73. The first kappa shape index (κ1) is 23.0. The molecule has 0 radical (unpaired) electrons. The molecule has 8 heteroatoms. The largest absolute Gasteiger partial charge is 0.496 e. The van der Waals surface area contributed by atoms with Crippen molar-refractivity contribution in [2.24, 2.45) is 0 Å². The molecule has 0 saturated carbocycles. The number of anilines is 1. The summed E-state index contributed by atoms with van der Waals surface area (Å²) in [5.41, 5.74) is 1.61. The Labute approximate surface area is 191 Å². The second-order valence-corrected chi connectivity index (χ2v) is 8.76. The molecule has 2 aromatic carbocycles. The molecule has 1 aliphatic heterocycles. The number of allylic oxidation sites excluding steroid dienone is 1. The summed E-state index contributed by atoms with van der Waals surface area (Å²) in [7, 11) is 0. The fourth-order valence-corrected chi connectivity index (χ4v) is 3.95. The van der Waals surface area contributed by atoms with E-state index < -0.39 is 0 Å². The number of halogens is 1. The zero-order valence-corrected chi connectivity index (χ0v) is 19.2. The average molecular weight is 461 g/mol. The Hall–Kier alpha value is -2.64. The second-order valence-electron chi connectivity index (χ2n) is 7.22. The Kier molecular flexibility index (Phi) is 7.87. The molecule has 0 bridgehead atoms. The minimum Gasteiger partial charge on any atom is -0.496 e. The molecule has 0 atom stereocenters. The van der Waals surface area contributed by atoms with Gasteiger partial charge in [-0.1, -0.05) is 23.7 Å². The van der Waals surface area contributed by atoms with Crippen LogP contribution in [-0.2, 0) is 16.1 Å². The van der Waals surface area contributed by atoms with Crippen LogP contribution in [0.25, 0.3) is 0 Å². The third-order valence-electron chi connectivity index (χ3n) is 4.40. The molecular weight excluding hydrogens is 436 g/mol. The Bertz CT molecular complexity index is 990. The van der Waals surface area contributed by atoms with E-state index in [4.69, 9.17) is 21.1 Å². The predicted molar refractivity (Wildman–Crippen MR) is 125 cm³/mol. The summed E-state index contributed by atoms with van der Waals surface area (Å²) in [5, 5.41) is 6.10. The summed E-state index contributed by atoms with van der Waals surface area (Å²) in [5.74, 6) is 1.42. The number of nitrogens with one attached hydrogen (secondary N) is 2. The van der Waals surface area contributed by atoms with E-state index in [0.29, 0.717) is 45.8 Å². The molecule has 2 aromatic rings. The summed E-state index contributed by atoms with van der Waals surface area (Å²) in [6, 6.07) is 12.3. The van der Waals surface area contributed by atoms with Crippen LogP contribution in [-0.4, -0.2) is 30.3 Å². The number of rotatable bonds is 7. The van der Waals surface area contributed by atoms with Gasteiger partial charge in [-0.05, 0) is 56.7 Å². The van der Waals surface area contributed by atoms with Gasteiger partial charge in [0.15, 0.2) is 0 Å². The standard InChI is InChI=1S/C23H25ClN2O4S/c1-14(2)30-18-7-4-16(5-8-18)13-25-22(27)19-9-6-17(24)12-20(19)26-23(28)21-15(3)29-10-11-31-21/h4-9,12,14H,10-11,13H2,1-3H3,(H,25,27)(H,26,28). The first-order chi connectivity index (χ1) is 14.8. The Morgan fingerprint density at radius 1 is 1.16 bits per heavy atom. The van der Waals surface area contributed by atoms with E-state index >= 15 is 0 Å². The van der Waals surface area contributed by atoms with Crippen molar-refractivity contribution < 1.29 is 19.1 Å². The van der Waals surface area contributed by atoms with Gasteiger partial charge in [-0.3, -0.25) is 9.59 Å². The van der Waals surface area contributed by atoms with Gasteiger partial charge in [0.1, 0.15) is 16.4 Å². The number of amides is 2. The molecule has 0 aromatic heterocycles. The second kappa shape index (κ2) is 10.6. The molecule has 2 N–H and O–H groups in total. The highest BCUT2D eigenvalue weighted by molar-refractivity contribution is 8.04.